The van der Waals surface area contributed by atoms with Crippen LogP contribution in [0.15, 0.2) is 0 Å². The van der Waals surface area contributed by atoms with E-state index in [-0.39, 0.29) is 43.9 Å². The van der Waals surface area contributed by atoms with Crippen molar-refractivity contribution in [3.05, 3.63) is 0 Å². The molecule has 0 nitrogen and oxygen atoms in total. The van der Waals surface area contributed by atoms with Crippen LogP contribution in [-0.2, 0) is 0 Å². The number of halogens is 2. The lowest BCUT2D eigenvalue weighted by Gasteiger charge is -1.80. The lowest BCUT2D eigenvalue weighted by Crippen LogP contribution is -1.59. The SMILES string of the molecule is Br.Br.CCPCC.P. The predicted molar refractivity (Wildman–Crippen MR) is 61.1 cm³/mol. The Hall–Kier alpha value is 1.82. The quantitative estimate of drug-likeness (QED) is 0.685. The standard InChI is InChI=1S/C4H11P.2BrH.H3P/c1-3-5-4-2;;;/h5H,3-4H2,1-2H3;2*1H;1H3. The zero-order chi connectivity index (χ0) is 4.12. The largest absolute Gasteiger partial charge is 0.153 e. The molecule has 0 aromatic heterocycles. The minimum absolute atomic E-state index is 0. The monoisotopic (exact) mass is 284 g/mol. The van der Waals surface area contributed by atoms with E-state index in [1.807, 2.05) is 0 Å². The second-order valence-corrected chi connectivity index (χ2v) is 2.87. The molecule has 0 aliphatic rings. The van der Waals surface area contributed by atoms with Gasteiger partial charge in [0.25, 0.3) is 0 Å². The van der Waals surface area contributed by atoms with E-state index in [0.29, 0.717) is 0 Å². The molecule has 1 unspecified atom stereocenters. The molecule has 0 fully saturated rings. The number of hydrogen-bond acceptors (Lipinski definition) is 0. The third-order valence-electron chi connectivity index (χ3n) is 0.500. The van der Waals surface area contributed by atoms with Gasteiger partial charge in [0.05, 0.1) is 0 Å². The van der Waals surface area contributed by atoms with Crippen LogP contribution < -0.4 is 0 Å². The Morgan fingerprint density at radius 2 is 1.25 bits per heavy atom. The minimum Gasteiger partial charge on any atom is -0.153 e. The van der Waals surface area contributed by atoms with Crippen molar-refractivity contribution in [1.29, 1.82) is 0 Å². The summed E-state index contributed by atoms with van der Waals surface area (Å²) in [5.74, 6) is 0. The molecule has 0 saturated carbocycles. The fraction of sp³-hybridized carbons (Fsp3) is 1.00. The van der Waals surface area contributed by atoms with E-state index in [0.717, 1.165) is 0 Å². The molecule has 0 radical (unpaired) electrons. The molecular formula is C4H16Br2P2. The van der Waals surface area contributed by atoms with Crippen molar-refractivity contribution >= 4 is 52.4 Å². The average molecular weight is 286 g/mol. The van der Waals surface area contributed by atoms with E-state index >= 15 is 0 Å². The average Bonchev–Trinajstić information content (AvgIpc) is 1.41. The maximum Gasteiger partial charge on any atom is -0.0382 e. The normalized spacial score (nSPS) is 5.25. The summed E-state index contributed by atoms with van der Waals surface area (Å²) in [5.41, 5.74) is 0. The molecule has 0 aromatic rings. The van der Waals surface area contributed by atoms with Gasteiger partial charge in [-0.05, 0) is 12.3 Å². The van der Waals surface area contributed by atoms with Gasteiger partial charge in [0, 0.05) is 0 Å². The predicted octanol–water partition coefficient (Wildman–Crippen LogP) is 2.92. The molecule has 0 aliphatic heterocycles. The molecule has 0 rings (SSSR count). The minimum atomic E-state index is 0. The molecule has 0 aliphatic carbocycles. The van der Waals surface area contributed by atoms with Crippen molar-refractivity contribution in [3.63, 3.8) is 0 Å². The highest BCUT2D eigenvalue weighted by Gasteiger charge is 1.66. The van der Waals surface area contributed by atoms with Gasteiger partial charge in [-0.1, -0.05) is 13.8 Å². The van der Waals surface area contributed by atoms with Gasteiger partial charge in [-0.2, -0.15) is 9.90 Å². The van der Waals surface area contributed by atoms with Crippen LogP contribution in [0.2, 0.25) is 0 Å². The zero-order valence-corrected chi connectivity index (χ0v) is 11.3. The van der Waals surface area contributed by atoms with E-state index in [9.17, 15) is 0 Å². The van der Waals surface area contributed by atoms with Crippen molar-refractivity contribution in [2.75, 3.05) is 12.3 Å². The fourth-order valence-electron chi connectivity index (χ4n) is 0.250. The van der Waals surface area contributed by atoms with Crippen LogP contribution in [0.5, 0.6) is 0 Å². The lowest BCUT2D eigenvalue weighted by atomic mass is 11.0. The van der Waals surface area contributed by atoms with Crippen LogP contribution in [0.4, 0.5) is 0 Å². The highest BCUT2D eigenvalue weighted by Crippen LogP contribution is 2.03. The first kappa shape index (κ1) is 22.6. The van der Waals surface area contributed by atoms with E-state index < -0.39 is 0 Å². The van der Waals surface area contributed by atoms with Gasteiger partial charge in [0.15, 0.2) is 0 Å². The molecule has 8 heavy (non-hydrogen) atoms. The maximum atomic E-state index is 2.22. The zero-order valence-electron chi connectivity index (χ0n) is 5.44. The first-order chi connectivity index (χ1) is 2.41. The molecule has 0 amide bonds. The van der Waals surface area contributed by atoms with Crippen LogP contribution in [0.25, 0.3) is 0 Å². The third-order valence-corrected chi connectivity index (χ3v) is 1.50. The highest BCUT2D eigenvalue weighted by molar-refractivity contribution is 8.93. The summed E-state index contributed by atoms with van der Waals surface area (Å²) in [5, 5.41) is 0. The van der Waals surface area contributed by atoms with Crippen molar-refractivity contribution < 1.29 is 0 Å². The van der Waals surface area contributed by atoms with Gasteiger partial charge in [-0.15, -0.1) is 42.5 Å². The van der Waals surface area contributed by atoms with E-state index in [2.05, 4.69) is 13.8 Å². The van der Waals surface area contributed by atoms with E-state index in [1.54, 1.807) is 0 Å². The molecule has 56 valence electrons. The van der Waals surface area contributed by atoms with Gasteiger partial charge in [0.1, 0.15) is 0 Å². The third kappa shape index (κ3) is 24.9. The lowest BCUT2D eigenvalue weighted by molar-refractivity contribution is 1.44. The molecule has 0 aromatic carbocycles. The Morgan fingerprint density at radius 1 is 1.00 bits per heavy atom. The van der Waals surface area contributed by atoms with Crippen LogP contribution in [0, 0.1) is 0 Å². The van der Waals surface area contributed by atoms with Crippen LogP contribution in [0.1, 0.15) is 13.8 Å². The van der Waals surface area contributed by atoms with Gasteiger partial charge in [-0.3, -0.25) is 0 Å². The first-order valence-corrected chi connectivity index (χ1v) is 3.54. The molecule has 0 spiro atoms. The topological polar surface area (TPSA) is 0 Å². The Morgan fingerprint density at radius 3 is 1.25 bits per heavy atom. The number of hydrogen-bond donors (Lipinski definition) is 0. The van der Waals surface area contributed by atoms with Crippen LogP contribution in [0.3, 0.4) is 0 Å². The molecule has 0 N–H and O–H groups in total. The Balaban J connectivity index is -0.0000000267. The second-order valence-electron chi connectivity index (χ2n) is 0.957. The molecule has 0 bridgehead atoms. The molecule has 1 atom stereocenters. The smallest absolute Gasteiger partial charge is 0.0382 e. The van der Waals surface area contributed by atoms with Gasteiger partial charge >= 0.3 is 0 Å². The van der Waals surface area contributed by atoms with E-state index in [4.69, 9.17) is 0 Å². The Bertz CT molecular complexity index is 19.5. The van der Waals surface area contributed by atoms with Crippen molar-refractivity contribution in [3.8, 4) is 0 Å². The van der Waals surface area contributed by atoms with Crippen molar-refractivity contribution in [1.82, 2.24) is 0 Å². The maximum absolute atomic E-state index is 2.22. The van der Waals surface area contributed by atoms with Crippen LogP contribution in [-0.4, -0.2) is 12.3 Å². The summed E-state index contributed by atoms with van der Waals surface area (Å²) < 4.78 is 0. The summed E-state index contributed by atoms with van der Waals surface area (Å²) in [6.45, 7) is 4.45. The van der Waals surface area contributed by atoms with E-state index in [1.165, 1.54) is 20.9 Å². The second kappa shape index (κ2) is 23.2. The van der Waals surface area contributed by atoms with Gasteiger partial charge in [0.2, 0.25) is 0 Å². The summed E-state index contributed by atoms with van der Waals surface area (Å²) in [6.07, 6.45) is 2.74. The van der Waals surface area contributed by atoms with Crippen LogP contribution >= 0.6 is 52.4 Å². The molecular weight excluding hydrogens is 270 g/mol. The highest BCUT2D eigenvalue weighted by atomic mass is 79.9. The molecule has 0 heterocycles. The van der Waals surface area contributed by atoms with Gasteiger partial charge < -0.3 is 0 Å². The summed E-state index contributed by atoms with van der Waals surface area (Å²) in [7, 11) is 1.20. The summed E-state index contributed by atoms with van der Waals surface area (Å²) in [4.78, 5) is 0. The Kier molecular flexibility index (Phi) is 65.4. The summed E-state index contributed by atoms with van der Waals surface area (Å²) in [6, 6.07) is 0. The van der Waals surface area contributed by atoms with Crippen molar-refractivity contribution in [2.45, 2.75) is 13.8 Å². The molecule has 0 saturated heterocycles. The number of rotatable bonds is 2. The summed E-state index contributed by atoms with van der Waals surface area (Å²) >= 11 is 0. The van der Waals surface area contributed by atoms with Crippen molar-refractivity contribution in [2.24, 2.45) is 0 Å². The Labute approximate surface area is 78.5 Å². The first-order valence-electron chi connectivity index (χ1n) is 2.12. The molecule has 4 heteroatoms. The van der Waals surface area contributed by atoms with Gasteiger partial charge in [-0.25, -0.2) is 0 Å². The fourth-order valence-corrected chi connectivity index (χ4v) is 0.750.